The van der Waals surface area contributed by atoms with Gasteiger partial charge in [-0.2, -0.15) is 5.10 Å². The number of nitrogens with one attached hydrogen (secondary N) is 3. The van der Waals surface area contributed by atoms with Crippen molar-refractivity contribution in [2.45, 2.75) is 32.9 Å². The smallest absolute Gasteiger partial charge is 0.328 e. The zero-order valence-corrected chi connectivity index (χ0v) is 15.5. The molecule has 3 rings (SSSR count). The van der Waals surface area contributed by atoms with Gasteiger partial charge in [-0.05, 0) is 6.42 Å². The van der Waals surface area contributed by atoms with Crippen molar-refractivity contribution in [3.63, 3.8) is 0 Å². The number of fused-ring (bicyclic) bond motifs is 1. The summed E-state index contributed by atoms with van der Waals surface area (Å²) in [5.74, 6) is 0.544. The van der Waals surface area contributed by atoms with Crippen LogP contribution in [0.3, 0.4) is 0 Å². The number of carbonyl (C=O) groups is 1. The minimum absolute atomic E-state index is 0.124. The molecule has 148 valence electrons. The van der Waals surface area contributed by atoms with Crippen LogP contribution in [0.15, 0.2) is 34.4 Å². The van der Waals surface area contributed by atoms with Crippen LogP contribution in [-0.4, -0.2) is 48.3 Å². The van der Waals surface area contributed by atoms with Gasteiger partial charge in [-0.1, -0.05) is 6.92 Å². The SMILES string of the molecule is CCCNc1ncnc2c1cnn2CCNC(=O)CCn1ccc(=O)[nH]c1=O. The Hall–Kier alpha value is -3.50. The molecule has 0 fully saturated rings. The molecule has 0 aromatic carbocycles. The van der Waals surface area contributed by atoms with Crippen LogP contribution < -0.4 is 21.9 Å². The number of nitrogens with zero attached hydrogens (tertiary/aromatic N) is 5. The number of H-pyrrole nitrogens is 1. The first-order chi connectivity index (χ1) is 13.6. The molecule has 28 heavy (non-hydrogen) atoms. The summed E-state index contributed by atoms with van der Waals surface area (Å²) in [6.45, 7) is 3.90. The lowest BCUT2D eigenvalue weighted by molar-refractivity contribution is -0.121. The average molecular weight is 386 g/mol. The highest BCUT2D eigenvalue weighted by Gasteiger charge is 2.10. The molecule has 0 aliphatic rings. The Bertz CT molecular complexity index is 1070. The topological polar surface area (TPSA) is 140 Å². The van der Waals surface area contributed by atoms with Crippen LogP contribution in [-0.2, 0) is 17.9 Å². The van der Waals surface area contributed by atoms with E-state index in [1.807, 2.05) is 0 Å². The Kier molecular flexibility index (Phi) is 6.14. The zero-order chi connectivity index (χ0) is 19.9. The van der Waals surface area contributed by atoms with Crippen LogP contribution >= 0.6 is 0 Å². The van der Waals surface area contributed by atoms with Gasteiger partial charge < -0.3 is 15.2 Å². The number of rotatable bonds is 9. The third kappa shape index (κ3) is 4.61. The van der Waals surface area contributed by atoms with E-state index in [2.05, 4.69) is 37.6 Å². The van der Waals surface area contributed by atoms with E-state index >= 15 is 0 Å². The van der Waals surface area contributed by atoms with E-state index in [1.165, 1.54) is 23.2 Å². The molecule has 11 heteroatoms. The molecule has 0 saturated carbocycles. The van der Waals surface area contributed by atoms with Crippen molar-refractivity contribution in [1.29, 1.82) is 0 Å². The first-order valence-electron chi connectivity index (χ1n) is 9.05. The highest BCUT2D eigenvalue weighted by Crippen LogP contribution is 2.18. The van der Waals surface area contributed by atoms with Crippen molar-refractivity contribution < 1.29 is 4.79 Å². The molecule has 1 amide bonds. The van der Waals surface area contributed by atoms with E-state index in [0.29, 0.717) is 18.7 Å². The number of carbonyl (C=O) groups excluding carboxylic acids is 1. The number of aryl methyl sites for hydroxylation is 1. The normalized spacial score (nSPS) is 10.9. The first kappa shape index (κ1) is 19.3. The van der Waals surface area contributed by atoms with Gasteiger partial charge in [-0.15, -0.1) is 0 Å². The predicted octanol–water partition coefficient (Wildman–Crippen LogP) is -0.295. The Labute approximate surface area is 159 Å². The molecule has 0 saturated heterocycles. The van der Waals surface area contributed by atoms with Crippen molar-refractivity contribution >= 4 is 22.8 Å². The number of hydrogen-bond acceptors (Lipinski definition) is 7. The van der Waals surface area contributed by atoms with Gasteiger partial charge >= 0.3 is 5.69 Å². The van der Waals surface area contributed by atoms with Crippen LogP contribution in [0, 0.1) is 0 Å². The van der Waals surface area contributed by atoms with Gasteiger partial charge in [-0.3, -0.25) is 14.6 Å². The van der Waals surface area contributed by atoms with Gasteiger partial charge in [0.1, 0.15) is 12.1 Å². The third-order valence-electron chi connectivity index (χ3n) is 4.10. The number of hydrogen-bond donors (Lipinski definition) is 3. The lowest BCUT2D eigenvalue weighted by Gasteiger charge is -2.08. The average Bonchev–Trinajstić information content (AvgIpc) is 3.09. The molecule has 0 unspecified atom stereocenters. The molecule has 3 N–H and O–H groups in total. The van der Waals surface area contributed by atoms with Gasteiger partial charge in [0.15, 0.2) is 5.65 Å². The summed E-state index contributed by atoms with van der Waals surface area (Å²) in [5.41, 5.74) is -0.299. The molecule has 0 radical (unpaired) electrons. The molecule has 3 aromatic rings. The van der Waals surface area contributed by atoms with Crippen LogP contribution in [0.25, 0.3) is 11.0 Å². The maximum absolute atomic E-state index is 12.0. The second kappa shape index (κ2) is 8.93. The molecular weight excluding hydrogens is 364 g/mol. The molecule has 3 aromatic heterocycles. The minimum Gasteiger partial charge on any atom is -0.369 e. The Morgan fingerprint density at radius 1 is 1.21 bits per heavy atom. The second-order valence-corrected chi connectivity index (χ2v) is 6.16. The quantitative estimate of drug-likeness (QED) is 0.459. The lowest BCUT2D eigenvalue weighted by Crippen LogP contribution is -2.32. The number of aromatic nitrogens is 6. The standard InChI is InChI=1S/C17H22N8O3/c1-2-5-19-15-12-10-22-25(16(12)21-11-20-15)9-6-18-13(26)3-7-24-8-4-14(27)23-17(24)28/h4,8,10-11H,2-3,5-7,9H2,1H3,(H,18,26)(H,19,20,21)(H,23,27,28). The third-order valence-corrected chi connectivity index (χ3v) is 4.10. The van der Waals surface area contributed by atoms with Gasteiger partial charge in [-0.25, -0.2) is 19.4 Å². The summed E-state index contributed by atoms with van der Waals surface area (Å²) in [7, 11) is 0. The van der Waals surface area contributed by atoms with Crippen molar-refractivity contribution in [2.24, 2.45) is 0 Å². The summed E-state index contributed by atoms with van der Waals surface area (Å²) in [4.78, 5) is 45.3. The van der Waals surface area contributed by atoms with E-state index in [4.69, 9.17) is 0 Å². The Morgan fingerprint density at radius 2 is 2.07 bits per heavy atom. The van der Waals surface area contributed by atoms with E-state index in [-0.39, 0.29) is 18.9 Å². The first-order valence-corrected chi connectivity index (χ1v) is 9.05. The molecule has 0 bridgehead atoms. The van der Waals surface area contributed by atoms with Crippen molar-refractivity contribution in [3.8, 4) is 0 Å². The molecule has 11 nitrogen and oxygen atoms in total. The largest absolute Gasteiger partial charge is 0.369 e. The maximum Gasteiger partial charge on any atom is 0.328 e. The van der Waals surface area contributed by atoms with E-state index in [1.54, 1.807) is 10.9 Å². The zero-order valence-electron chi connectivity index (χ0n) is 15.5. The van der Waals surface area contributed by atoms with Crippen LogP contribution in [0.1, 0.15) is 19.8 Å². The summed E-state index contributed by atoms with van der Waals surface area (Å²) in [6, 6.07) is 1.24. The van der Waals surface area contributed by atoms with E-state index in [0.717, 1.165) is 24.2 Å². The van der Waals surface area contributed by atoms with E-state index in [9.17, 15) is 14.4 Å². The molecule has 0 aliphatic heterocycles. The number of aromatic amines is 1. The summed E-state index contributed by atoms with van der Waals surface area (Å²) in [6.07, 6.45) is 5.67. The van der Waals surface area contributed by atoms with Gasteiger partial charge in [0.2, 0.25) is 5.91 Å². The summed E-state index contributed by atoms with van der Waals surface area (Å²) < 4.78 is 2.99. The van der Waals surface area contributed by atoms with Crippen molar-refractivity contribution in [1.82, 2.24) is 34.6 Å². The fraction of sp³-hybridized carbons (Fsp3) is 0.412. The Balaban J connectivity index is 1.52. The minimum atomic E-state index is -0.532. The number of anilines is 1. The highest BCUT2D eigenvalue weighted by atomic mass is 16.2. The van der Waals surface area contributed by atoms with Crippen LogP contribution in [0.5, 0.6) is 0 Å². The fourth-order valence-corrected chi connectivity index (χ4v) is 2.67. The summed E-state index contributed by atoms with van der Waals surface area (Å²) in [5, 5.41) is 11.2. The van der Waals surface area contributed by atoms with Gasteiger partial charge in [0.05, 0.1) is 18.1 Å². The fourth-order valence-electron chi connectivity index (χ4n) is 2.67. The summed E-state index contributed by atoms with van der Waals surface area (Å²) >= 11 is 0. The van der Waals surface area contributed by atoms with Crippen LogP contribution in [0.2, 0.25) is 0 Å². The van der Waals surface area contributed by atoms with Gasteiger partial charge in [0, 0.05) is 38.3 Å². The second-order valence-electron chi connectivity index (χ2n) is 6.16. The maximum atomic E-state index is 12.0. The van der Waals surface area contributed by atoms with Gasteiger partial charge in [0.25, 0.3) is 5.56 Å². The molecule has 0 aliphatic carbocycles. The monoisotopic (exact) mass is 386 g/mol. The van der Waals surface area contributed by atoms with Crippen LogP contribution in [0.4, 0.5) is 5.82 Å². The number of amides is 1. The van der Waals surface area contributed by atoms with E-state index < -0.39 is 11.2 Å². The highest BCUT2D eigenvalue weighted by molar-refractivity contribution is 5.86. The van der Waals surface area contributed by atoms with Crippen molar-refractivity contribution in [3.05, 3.63) is 45.6 Å². The lowest BCUT2D eigenvalue weighted by atomic mass is 10.3. The molecule has 3 heterocycles. The van der Waals surface area contributed by atoms with Crippen molar-refractivity contribution in [2.75, 3.05) is 18.4 Å². The molecular formula is C17H22N8O3. The predicted molar refractivity (Wildman–Crippen MR) is 103 cm³/mol. The molecule has 0 spiro atoms. The molecule has 0 atom stereocenters. The Morgan fingerprint density at radius 3 is 2.86 bits per heavy atom.